The fourth-order valence-corrected chi connectivity index (χ4v) is 4.26. The molecule has 1 saturated carbocycles. The first-order valence-corrected chi connectivity index (χ1v) is 10.4. The molecule has 1 aliphatic carbocycles. The largest absolute Gasteiger partial charge is 0.340 e. The maximum absolute atomic E-state index is 13.4. The van der Waals surface area contributed by atoms with Gasteiger partial charge in [-0.05, 0) is 48.2 Å². The average molecular weight is 414 g/mol. The van der Waals surface area contributed by atoms with Gasteiger partial charge in [0.25, 0.3) is 0 Å². The monoisotopic (exact) mass is 414 g/mol. The van der Waals surface area contributed by atoms with Crippen molar-refractivity contribution in [3.05, 3.63) is 71.3 Å². The Morgan fingerprint density at radius 1 is 0.800 bits per heavy atom. The lowest BCUT2D eigenvalue weighted by atomic mass is 9.87. The molecule has 0 bridgehead atoms. The van der Waals surface area contributed by atoms with Gasteiger partial charge in [0.05, 0.1) is 24.9 Å². The number of rotatable bonds is 6. The van der Waals surface area contributed by atoms with E-state index < -0.39 is 0 Å². The third-order valence-electron chi connectivity index (χ3n) is 5.96. The van der Waals surface area contributed by atoms with Crippen LogP contribution in [0.25, 0.3) is 0 Å². The van der Waals surface area contributed by atoms with E-state index in [4.69, 9.17) is 0 Å². The molecule has 2 aromatic rings. The van der Waals surface area contributed by atoms with Crippen LogP contribution in [0.4, 0.5) is 8.78 Å². The summed E-state index contributed by atoms with van der Waals surface area (Å²) >= 11 is 0. The second-order valence-electron chi connectivity index (χ2n) is 8.04. The molecule has 0 saturated heterocycles. The van der Waals surface area contributed by atoms with Gasteiger partial charge in [0.1, 0.15) is 11.6 Å². The maximum atomic E-state index is 13.4. The molecular weight excluding hydrogens is 386 g/mol. The molecule has 6 heteroatoms. The molecule has 0 radical (unpaired) electrons. The summed E-state index contributed by atoms with van der Waals surface area (Å²) in [6.45, 7) is 0. The maximum Gasteiger partial charge on any atom is 0.227 e. The Kier molecular flexibility index (Phi) is 7.19. The zero-order valence-corrected chi connectivity index (χ0v) is 17.5. The molecule has 0 aliphatic heterocycles. The van der Waals surface area contributed by atoms with Gasteiger partial charge in [-0.25, -0.2) is 8.78 Å². The fourth-order valence-electron chi connectivity index (χ4n) is 4.26. The summed E-state index contributed by atoms with van der Waals surface area (Å²) in [5.41, 5.74) is 1.27. The van der Waals surface area contributed by atoms with Crippen LogP contribution in [0.2, 0.25) is 0 Å². The van der Waals surface area contributed by atoms with Crippen molar-refractivity contribution in [1.29, 1.82) is 0 Å². The van der Waals surface area contributed by atoms with Gasteiger partial charge in [-0.15, -0.1) is 0 Å². The minimum absolute atomic E-state index is 0.0940. The van der Waals surface area contributed by atoms with E-state index in [2.05, 4.69) is 0 Å². The quantitative estimate of drug-likeness (QED) is 0.718. The minimum atomic E-state index is -0.360. The standard InChI is InChI=1S/C24H28F2N2O2/c1-27(23(29)15-17-7-5-9-19(25)13-17)21-11-3-4-12-22(21)28(2)24(30)16-18-8-6-10-20(26)14-18/h5-10,13-14,21-22H,3-4,11-12,15-16H2,1-2H3/t21-,22-/m0/s1. The Morgan fingerprint density at radius 3 is 1.57 bits per heavy atom. The predicted molar refractivity (Wildman–Crippen MR) is 112 cm³/mol. The lowest BCUT2D eigenvalue weighted by Crippen LogP contribution is -2.54. The van der Waals surface area contributed by atoms with Crippen LogP contribution in [0.1, 0.15) is 36.8 Å². The first-order valence-electron chi connectivity index (χ1n) is 10.4. The van der Waals surface area contributed by atoms with E-state index in [-0.39, 0.29) is 48.4 Å². The zero-order chi connectivity index (χ0) is 21.7. The highest BCUT2D eigenvalue weighted by atomic mass is 19.1. The van der Waals surface area contributed by atoms with Crippen molar-refractivity contribution in [3.8, 4) is 0 Å². The predicted octanol–water partition coefficient (Wildman–Crippen LogP) is 3.98. The number of carbonyl (C=O) groups excluding carboxylic acids is 2. The number of carbonyl (C=O) groups is 2. The lowest BCUT2D eigenvalue weighted by Gasteiger charge is -2.42. The molecule has 0 aromatic heterocycles. The Hall–Kier alpha value is -2.76. The van der Waals surface area contributed by atoms with Gasteiger partial charge in [0.15, 0.2) is 0 Å². The van der Waals surface area contributed by atoms with Gasteiger partial charge in [-0.1, -0.05) is 37.1 Å². The van der Waals surface area contributed by atoms with Crippen LogP contribution >= 0.6 is 0 Å². The van der Waals surface area contributed by atoms with Crippen LogP contribution in [-0.2, 0) is 22.4 Å². The number of benzene rings is 2. The SMILES string of the molecule is CN(C(=O)Cc1cccc(F)c1)[C@H]1CCCC[C@@H]1N(C)C(=O)Cc1cccc(F)c1. The smallest absolute Gasteiger partial charge is 0.227 e. The highest BCUT2D eigenvalue weighted by Crippen LogP contribution is 2.27. The molecule has 30 heavy (non-hydrogen) atoms. The van der Waals surface area contributed by atoms with E-state index in [1.807, 2.05) is 0 Å². The highest BCUT2D eigenvalue weighted by Gasteiger charge is 2.35. The second kappa shape index (κ2) is 9.83. The fraction of sp³-hybridized carbons (Fsp3) is 0.417. The van der Waals surface area contributed by atoms with E-state index in [1.165, 1.54) is 24.3 Å². The van der Waals surface area contributed by atoms with Crippen LogP contribution in [0.15, 0.2) is 48.5 Å². The summed E-state index contributed by atoms with van der Waals surface area (Å²) < 4.78 is 26.9. The molecule has 3 rings (SSSR count). The summed E-state index contributed by atoms with van der Waals surface area (Å²) in [7, 11) is 3.52. The van der Waals surface area contributed by atoms with Gasteiger partial charge in [-0.3, -0.25) is 9.59 Å². The van der Waals surface area contributed by atoms with Gasteiger partial charge < -0.3 is 9.80 Å². The lowest BCUT2D eigenvalue weighted by molar-refractivity contribution is -0.139. The average Bonchev–Trinajstić information content (AvgIpc) is 2.72. The molecular formula is C24H28F2N2O2. The molecule has 4 nitrogen and oxygen atoms in total. The molecule has 0 unspecified atom stereocenters. The van der Waals surface area contributed by atoms with Crippen molar-refractivity contribution in [2.24, 2.45) is 0 Å². The zero-order valence-electron chi connectivity index (χ0n) is 17.5. The van der Waals surface area contributed by atoms with E-state index in [0.29, 0.717) is 11.1 Å². The number of hydrogen-bond acceptors (Lipinski definition) is 2. The van der Waals surface area contributed by atoms with Gasteiger partial charge in [0, 0.05) is 14.1 Å². The Bertz CT molecular complexity index is 829. The van der Waals surface area contributed by atoms with Crippen molar-refractivity contribution in [3.63, 3.8) is 0 Å². The summed E-state index contributed by atoms with van der Waals surface area (Å²) in [6, 6.07) is 11.9. The number of hydrogen-bond donors (Lipinski definition) is 0. The number of nitrogens with zero attached hydrogens (tertiary/aromatic N) is 2. The van der Waals surface area contributed by atoms with Crippen molar-refractivity contribution in [1.82, 2.24) is 9.80 Å². The summed E-state index contributed by atoms with van der Waals surface area (Å²) in [4.78, 5) is 29.1. The van der Waals surface area contributed by atoms with Crippen molar-refractivity contribution in [2.75, 3.05) is 14.1 Å². The first-order chi connectivity index (χ1) is 14.3. The summed E-state index contributed by atoms with van der Waals surface area (Å²) in [5.74, 6) is -0.908. The molecule has 1 fully saturated rings. The van der Waals surface area contributed by atoms with Crippen LogP contribution in [0, 0.1) is 11.6 Å². The van der Waals surface area contributed by atoms with E-state index >= 15 is 0 Å². The van der Waals surface area contributed by atoms with Crippen molar-refractivity contribution in [2.45, 2.75) is 50.6 Å². The van der Waals surface area contributed by atoms with Crippen LogP contribution < -0.4 is 0 Å². The Balaban J connectivity index is 1.68. The molecule has 1 aliphatic rings. The molecule has 2 amide bonds. The normalized spacial score (nSPS) is 18.7. The van der Waals surface area contributed by atoms with Gasteiger partial charge in [0.2, 0.25) is 11.8 Å². The number of amides is 2. The summed E-state index contributed by atoms with van der Waals surface area (Å²) in [5, 5.41) is 0. The van der Waals surface area contributed by atoms with Crippen LogP contribution in [-0.4, -0.2) is 47.8 Å². The molecule has 0 N–H and O–H groups in total. The third-order valence-corrected chi connectivity index (χ3v) is 5.96. The van der Waals surface area contributed by atoms with E-state index in [9.17, 15) is 18.4 Å². The topological polar surface area (TPSA) is 40.6 Å². The van der Waals surface area contributed by atoms with Crippen LogP contribution in [0.3, 0.4) is 0 Å². The third kappa shape index (κ3) is 5.43. The minimum Gasteiger partial charge on any atom is -0.340 e. The van der Waals surface area contributed by atoms with Crippen molar-refractivity contribution < 1.29 is 18.4 Å². The molecule has 2 atom stereocenters. The first kappa shape index (κ1) is 21.9. The van der Waals surface area contributed by atoms with Gasteiger partial charge in [-0.2, -0.15) is 0 Å². The Morgan fingerprint density at radius 2 is 1.20 bits per heavy atom. The number of halogens is 2. The molecule has 0 spiro atoms. The number of likely N-dealkylation sites (N-methyl/N-ethyl adjacent to an activating group) is 2. The molecule has 0 heterocycles. The Labute approximate surface area is 176 Å². The second-order valence-corrected chi connectivity index (χ2v) is 8.04. The molecule has 2 aromatic carbocycles. The van der Waals surface area contributed by atoms with E-state index in [1.54, 1.807) is 48.2 Å². The van der Waals surface area contributed by atoms with Crippen molar-refractivity contribution >= 4 is 11.8 Å². The van der Waals surface area contributed by atoms with Crippen LogP contribution in [0.5, 0.6) is 0 Å². The van der Waals surface area contributed by atoms with Gasteiger partial charge >= 0.3 is 0 Å². The highest BCUT2D eigenvalue weighted by molar-refractivity contribution is 5.80. The molecule has 160 valence electrons. The summed E-state index contributed by atoms with van der Waals surface area (Å²) in [6.07, 6.45) is 3.85. The van der Waals surface area contributed by atoms with E-state index in [0.717, 1.165) is 25.7 Å².